The highest BCUT2D eigenvalue weighted by molar-refractivity contribution is 5.99. The van der Waals surface area contributed by atoms with Gasteiger partial charge in [0, 0.05) is 45.0 Å². The van der Waals surface area contributed by atoms with Crippen LogP contribution in [-0.2, 0) is 20.9 Å². The van der Waals surface area contributed by atoms with Gasteiger partial charge in [0.2, 0.25) is 11.8 Å². The van der Waals surface area contributed by atoms with E-state index in [2.05, 4.69) is 10.4 Å². The molecule has 9 nitrogen and oxygen atoms in total. The molecule has 0 radical (unpaired) electrons. The number of likely N-dealkylation sites (N-methyl/N-ethyl adjacent to an activating group) is 1. The number of nitrogens with zero attached hydrogens (tertiary/aromatic N) is 4. The molecule has 152 valence electrons. The van der Waals surface area contributed by atoms with Gasteiger partial charge in [-0.2, -0.15) is 5.10 Å². The molecule has 4 rings (SSSR count). The van der Waals surface area contributed by atoms with Gasteiger partial charge in [0.25, 0.3) is 5.91 Å². The molecule has 1 aromatic heterocycles. The van der Waals surface area contributed by atoms with Crippen LogP contribution < -0.4 is 15.0 Å². The van der Waals surface area contributed by atoms with Gasteiger partial charge < -0.3 is 19.9 Å². The number of aromatic nitrogens is 2. The van der Waals surface area contributed by atoms with Crippen LogP contribution in [0.15, 0.2) is 30.5 Å². The van der Waals surface area contributed by atoms with E-state index in [1.54, 1.807) is 34.8 Å². The van der Waals surface area contributed by atoms with Crippen molar-refractivity contribution in [2.24, 2.45) is 5.92 Å². The number of rotatable bonds is 5. The van der Waals surface area contributed by atoms with Crippen molar-refractivity contribution in [3.05, 3.63) is 36.2 Å². The highest BCUT2D eigenvalue weighted by Gasteiger charge is 2.35. The predicted molar refractivity (Wildman–Crippen MR) is 106 cm³/mol. The molecule has 1 fully saturated rings. The molecule has 0 unspecified atom stereocenters. The number of aryl methyl sites for hydroxylation is 2. The van der Waals surface area contributed by atoms with E-state index in [0.717, 1.165) is 5.69 Å². The van der Waals surface area contributed by atoms with Crippen LogP contribution in [0.5, 0.6) is 5.75 Å². The molecule has 0 bridgehead atoms. The van der Waals surface area contributed by atoms with Crippen molar-refractivity contribution in [3.8, 4) is 5.75 Å². The van der Waals surface area contributed by atoms with Crippen molar-refractivity contribution in [3.63, 3.8) is 0 Å². The zero-order valence-corrected chi connectivity index (χ0v) is 16.4. The third-order valence-electron chi connectivity index (χ3n) is 5.25. The Morgan fingerprint density at radius 2 is 2.07 bits per heavy atom. The van der Waals surface area contributed by atoms with Gasteiger partial charge in [-0.3, -0.25) is 19.1 Å². The Bertz CT molecular complexity index is 964. The summed E-state index contributed by atoms with van der Waals surface area (Å²) in [6, 6.07) is 7.10. The van der Waals surface area contributed by atoms with Crippen molar-refractivity contribution < 1.29 is 19.1 Å². The molecule has 2 aliphatic rings. The zero-order valence-electron chi connectivity index (χ0n) is 16.4. The topological polar surface area (TPSA) is 96.8 Å². The van der Waals surface area contributed by atoms with Crippen molar-refractivity contribution in [1.29, 1.82) is 0 Å². The standard InChI is InChI=1S/C20H23N5O4/c1-13-5-7-25(22-13)8-6-18(26)24-10-14(11-24)20(28)21-15-3-4-17-16(9-15)23(2)19(27)12-29-17/h3-5,7,9,14H,6,8,10-12H2,1-2H3,(H,21,28). The van der Waals surface area contributed by atoms with E-state index in [4.69, 9.17) is 4.74 Å². The fourth-order valence-electron chi connectivity index (χ4n) is 3.40. The van der Waals surface area contributed by atoms with E-state index in [1.165, 1.54) is 4.90 Å². The fourth-order valence-corrected chi connectivity index (χ4v) is 3.40. The van der Waals surface area contributed by atoms with Gasteiger partial charge in [0.15, 0.2) is 6.61 Å². The summed E-state index contributed by atoms with van der Waals surface area (Å²) >= 11 is 0. The average Bonchev–Trinajstić information content (AvgIpc) is 3.07. The summed E-state index contributed by atoms with van der Waals surface area (Å²) in [4.78, 5) is 39.7. The number of benzene rings is 1. The van der Waals surface area contributed by atoms with Gasteiger partial charge in [-0.25, -0.2) is 0 Å². The first kappa shape index (κ1) is 19.0. The molecule has 1 N–H and O–H groups in total. The number of carbonyl (C=O) groups excluding carboxylic acids is 3. The molecule has 0 saturated carbocycles. The molecule has 1 aromatic carbocycles. The third kappa shape index (κ3) is 3.94. The van der Waals surface area contributed by atoms with E-state index < -0.39 is 0 Å². The van der Waals surface area contributed by atoms with E-state index >= 15 is 0 Å². The summed E-state index contributed by atoms with van der Waals surface area (Å²) in [6.45, 7) is 3.28. The highest BCUT2D eigenvalue weighted by Crippen LogP contribution is 2.34. The van der Waals surface area contributed by atoms with Crippen LogP contribution in [0.2, 0.25) is 0 Å². The van der Waals surface area contributed by atoms with Gasteiger partial charge in [-0.05, 0) is 31.2 Å². The van der Waals surface area contributed by atoms with E-state index in [9.17, 15) is 14.4 Å². The van der Waals surface area contributed by atoms with Crippen LogP contribution in [0.25, 0.3) is 0 Å². The van der Waals surface area contributed by atoms with Gasteiger partial charge >= 0.3 is 0 Å². The second-order valence-corrected chi connectivity index (χ2v) is 7.38. The van der Waals surface area contributed by atoms with Crippen LogP contribution in [0.4, 0.5) is 11.4 Å². The lowest BCUT2D eigenvalue weighted by atomic mass is 9.98. The van der Waals surface area contributed by atoms with E-state index in [0.29, 0.717) is 43.2 Å². The number of fused-ring (bicyclic) bond motifs is 1. The maximum Gasteiger partial charge on any atom is 0.264 e. The van der Waals surface area contributed by atoms with Crippen LogP contribution in [0.1, 0.15) is 12.1 Å². The molecule has 0 atom stereocenters. The number of ether oxygens (including phenoxy) is 1. The third-order valence-corrected chi connectivity index (χ3v) is 5.25. The summed E-state index contributed by atoms with van der Waals surface area (Å²) in [5, 5.41) is 7.13. The van der Waals surface area contributed by atoms with E-state index in [-0.39, 0.29) is 30.2 Å². The molecule has 9 heteroatoms. The number of nitrogens with one attached hydrogen (secondary N) is 1. The molecular formula is C20H23N5O4. The van der Waals surface area contributed by atoms with Gasteiger partial charge in [0.1, 0.15) is 5.75 Å². The maximum absolute atomic E-state index is 12.5. The number of carbonyl (C=O) groups is 3. The highest BCUT2D eigenvalue weighted by atomic mass is 16.5. The fraction of sp³-hybridized carbons (Fsp3) is 0.400. The van der Waals surface area contributed by atoms with Crippen LogP contribution in [0, 0.1) is 12.8 Å². The van der Waals surface area contributed by atoms with Crippen LogP contribution in [-0.4, -0.2) is 59.1 Å². The lowest BCUT2D eigenvalue weighted by Crippen LogP contribution is -2.54. The summed E-state index contributed by atoms with van der Waals surface area (Å²) in [6.07, 6.45) is 2.21. The Morgan fingerprint density at radius 1 is 1.28 bits per heavy atom. The Labute approximate surface area is 168 Å². The molecule has 1 saturated heterocycles. The molecule has 2 aliphatic heterocycles. The molecule has 0 spiro atoms. The van der Waals surface area contributed by atoms with Crippen LogP contribution >= 0.6 is 0 Å². The van der Waals surface area contributed by atoms with Crippen molar-refractivity contribution in [2.45, 2.75) is 19.9 Å². The quantitative estimate of drug-likeness (QED) is 0.813. The van der Waals surface area contributed by atoms with Crippen molar-refractivity contribution in [2.75, 3.05) is 37.0 Å². The molecule has 0 aliphatic carbocycles. The number of hydrogen-bond acceptors (Lipinski definition) is 5. The number of amides is 3. The first-order chi connectivity index (χ1) is 13.9. The normalized spacial score (nSPS) is 16.1. The Morgan fingerprint density at radius 3 is 2.79 bits per heavy atom. The zero-order chi connectivity index (χ0) is 20.5. The van der Waals surface area contributed by atoms with Crippen LogP contribution in [0.3, 0.4) is 0 Å². The number of likely N-dealkylation sites (tertiary alicyclic amines) is 1. The average molecular weight is 397 g/mol. The molecule has 29 heavy (non-hydrogen) atoms. The van der Waals surface area contributed by atoms with Crippen molar-refractivity contribution >= 4 is 29.1 Å². The lowest BCUT2D eigenvalue weighted by molar-refractivity contribution is -0.141. The Balaban J connectivity index is 1.27. The number of hydrogen-bond donors (Lipinski definition) is 1. The smallest absolute Gasteiger partial charge is 0.264 e. The second-order valence-electron chi connectivity index (χ2n) is 7.38. The molecular weight excluding hydrogens is 374 g/mol. The first-order valence-electron chi connectivity index (χ1n) is 9.53. The Kier molecular flexibility index (Phi) is 4.96. The summed E-state index contributed by atoms with van der Waals surface area (Å²) in [7, 11) is 1.68. The largest absolute Gasteiger partial charge is 0.482 e. The van der Waals surface area contributed by atoms with Crippen molar-refractivity contribution in [1.82, 2.24) is 14.7 Å². The number of anilines is 2. The SMILES string of the molecule is Cc1ccn(CCC(=O)N2CC(C(=O)Nc3ccc4c(c3)N(C)C(=O)CO4)C2)n1. The molecule has 3 amide bonds. The molecule has 3 heterocycles. The van der Waals surface area contributed by atoms with Gasteiger partial charge in [-0.1, -0.05) is 0 Å². The monoisotopic (exact) mass is 397 g/mol. The summed E-state index contributed by atoms with van der Waals surface area (Å²) < 4.78 is 7.14. The summed E-state index contributed by atoms with van der Waals surface area (Å²) in [5.74, 6) is 0.116. The molecule has 2 aromatic rings. The van der Waals surface area contributed by atoms with Gasteiger partial charge in [0.05, 0.1) is 17.3 Å². The minimum Gasteiger partial charge on any atom is -0.482 e. The Hall–Kier alpha value is -3.36. The summed E-state index contributed by atoms with van der Waals surface area (Å²) in [5.41, 5.74) is 2.14. The lowest BCUT2D eigenvalue weighted by Gasteiger charge is -2.38. The first-order valence-corrected chi connectivity index (χ1v) is 9.53. The predicted octanol–water partition coefficient (Wildman–Crippen LogP) is 1.03. The second kappa shape index (κ2) is 7.57. The minimum absolute atomic E-state index is 0.0150. The van der Waals surface area contributed by atoms with E-state index in [1.807, 2.05) is 19.2 Å². The minimum atomic E-state index is -0.238. The van der Waals surface area contributed by atoms with Gasteiger partial charge in [-0.15, -0.1) is 0 Å². The maximum atomic E-state index is 12.5.